The summed E-state index contributed by atoms with van der Waals surface area (Å²) in [6, 6.07) is 7.88. The Hall–Kier alpha value is -1.49. The average molecular weight is 390 g/mol. The molecule has 1 N–H and O–H groups in total. The van der Waals surface area contributed by atoms with Crippen LogP contribution in [0, 0.1) is 5.92 Å². The summed E-state index contributed by atoms with van der Waals surface area (Å²) in [5.41, 5.74) is 3.27. The summed E-state index contributed by atoms with van der Waals surface area (Å²) in [5, 5.41) is 4.59. The Morgan fingerprint density at radius 3 is 2.77 bits per heavy atom. The third-order valence-electron chi connectivity index (χ3n) is 6.02. The van der Waals surface area contributed by atoms with E-state index in [2.05, 4.69) is 21.3 Å². The minimum Gasteiger partial charge on any atom is -0.469 e. The number of pyridine rings is 1. The number of benzene rings is 1. The topological polar surface area (TPSA) is 37.4 Å². The molecule has 1 atom stereocenters. The third kappa shape index (κ3) is 2.84. The van der Waals surface area contributed by atoms with E-state index < -0.39 is 0 Å². The number of ether oxygens (including phenoxy) is 1. The van der Waals surface area contributed by atoms with Crippen LogP contribution in [0.3, 0.4) is 0 Å². The van der Waals surface area contributed by atoms with E-state index in [0.29, 0.717) is 22.5 Å². The zero-order chi connectivity index (χ0) is 17.7. The van der Waals surface area contributed by atoms with E-state index in [0.717, 1.165) is 30.1 Å². The van der Waals surface area contributed by atoms with Gasteiger partial charge in [-0.3, -0.25) is 4.90 Å². The molecule has 0 radical (unpaired) electrons. The lowest BCUT2D eigenvalue weighted by molar-refractivity contribution is -0.0814. The van der Waals surface area contributed by atoms with Crippen LogP contribution >= 0.6 is 23.2 Å². The number of rotatable bonds is 3. The smallest absolute Gasteiger partial charge is 0.217 e. The third-order valence-corrected chi connectivity index (χ3v) is 6.76. The molecule has 1 aromatic carbocycles. The average Bonchev–Trinajstić information content (AvgIpc) is 3.00. The molecule has 1 spiro atoms. The lowest BCUT2D eigenvalue weighted by atomic mass is 9.73. The molecule has 3 saturated heterocycles. The van der Waals surface area contributed by atoms with Gasteiger partial charge in [0, 0.05) is 31.0 Å². The highest BCUT2D eigenvalue weighted by atomic mass is 35.5. The van der Waals surface area contributed by atoms with Crippen LogP contribution in [-0.2, 0) is 13.0 Å². The second-order valence-electron chi connectivity index (χ2n) is 7.68. The monoisotopic (exact) mass is 389 g/mol. The number of hydrogen-bond acceptors (Lipinski definition) is 4. The van der Waals surface area contributed by atoms with E-state index in [-0.39, 0.29) is 5.60 Å². The summed E-state index contributed by atoms with van der Waals surface area (Å²) >= 11 is 12.1. The van der Waals surface area contributed by atoms with Gasteiger partial charge in [-0.15, -0.1) is 0 Å². The molecule has 1 aromatic heterocycles. The lowest BCUT2D eigenvalue weighted by Crippen LogP contribution is -2.61. The minimum atomic E-state index is -0.0475. The second-order valence-corrected chi connectivity index (χ2v) is 8.50. The molecular weight excluding hydrogens is 369 g/mol. The first-order valence-corrected chi connectivity index (χ1v) is 9.95. The predicted molar refractivity (Wildman–Crippen MR) is 104 cm³/mol. The fraction of sp³-hybridized carbons (Fsp3) is 0.450. The molecule has 4 aliphatic rings. The van der Waals surface area contributed by atoms with E-state index in [4.69, 9.17) is 27.9 Å². The number of nitrogens with zero attached hydrogens (tertiary/aromatic N) is 2. The molecule has 2 bridgehead atoms. The Bertz CT molecular complexity index is 851. The Kier molecular flexibility index (Phi) is 4.03. The van der Waals surface area contributed by atoms with Crippen LogP contribution in [0.25, 0.3) is 0 Å². The Labute approximate surface area is 163 Å². The molecule has 5 heterocycles. The van der Waals surface area contributed by atoms with Crippen LogP contribution in [-0.4, -0.2) is 35.1 Å². The quantitative estimate of drug-likeness (QED) is 0.843. The van der Waals surface area contributed by atoms with Gasteiger partial charge in [-0.05, 0) is 49.7 Å². The summed E-state index contributed by atoms with van der Waals surface area (Å²) < 4.78 is 6.40. The van der Waals surface area contributed by atoms with E-state index >= 15 is 0 Å². The fourth-order valence-electron chi connectivity index (χ4n) is 4.66. The van der Waals surface area contributed by atoms with Gasteiger partial charge >= 0.3 is 0 Å². The van der Waals surface area contributed by atoms with Crippen molar-refractivity contribution < 1.29 is 4.74 Å². The molecule has 3 fully saturated rings. The van der Waals surface area contributed by atoms with Crippen molar-refractivity contribution in [1.82, 2.24) is 9.88 Å². The number of anilines is 1. The van der Waals surface area contributed by atoms with Gasteiger partial charge < -0.3 is 10.1 Å². The van der Waals surface area contributed by atoms with Crippen LogP contribution in [0.2, 0.25) is 10.0 Å². The maximum absolute atomic E-state index is 6.40. The Balaban J connectivity index is 1.31. The molecule has 4 aliphatic heterocycles. The number of hydrogen-bond donors (Lipinski definition) is 1. The zero-order valence-electron chi connectivity index (χ0n) is 14.5. The SMILES string of the molecule is Clc1ccc(CNc2cnc3c(c2)C[C@@]2(CN4CCC2CC4)O3)cc1Cl. The highest BCUT2D eigenvalue weighted by Gasteiger charge is 2.52. The van der Waals surface area contributed by atoms with Crippen molar-refractivity contribution in [2.45, 2.75) is 31.4 Å². The second kappa shape index (κ2) is 6.29. The van der Waals surface area contributed by atoms with Gasteiger partial charge in [0.1, 0.15) is 5.60 Å². The van der Waals surface area contributed by atoms with Crippen molar-refractivity contribution in [2.24, 2.45) is 5.92 Å². The number of aromatic nitrogens is 1. The van der Waals surface area contributed by atoms with Gasteiger partial charge in [0.15, 0.2) is 0 Å². The van der Waals surface area contributed by atoms with Crippen molar-refractivity contribution in [1.29, 1.82) is 0 Å². The van der Waals surface area contributed by atoms with Crippen molar-refractivity contribution in [3.63, 3.8) is 0 Å². The van der Waals surface area contributed by atoms with Gasteiger partial charge in [0.2, 0.25) is 5.88 Å². The molecule has 136 valence electrons. The molecule has 0 aliphatic carbocycles. The van der Waals surface area contributed by atoms with Gasteiger partial charge in [-0.1, -0.05) is 29.3 Å². The number of fused-ring (bicyclic) bond motifs is 3. The van der Waals surface area contributed by atoms with E-state index in [1.807, 2.05) is 24.4 Å². The van der Waals surface area contributed by atoms with Crippen LogP contribution in [0.5, 0.6) is 5.88 Å². The molecule has 0 unspecified atom stereocenters. The fourth-order valence-corrected chi connectivity index (χ4v) is 4.98. The van der Waals surface area contributed by atoms with Crippen molar-refractivity contribution >= 4 is 28.9 Å². The summed E-state index contributed by atoms with van der Waals surface area (Å²) in [7, 11) is 0. The highest BCUT2D eigenvalue weighted by molar-refractivity contribution is 6.42. The Morgan fingerprint density at radius 2 is 2.04 bits per heavy atom. The largest absolute Gasteiger partial charge is 0.469 e. The van der Waals surface area contributed by atoms with Crippen molar-refractivity contribution in [3.8, 4) is 5.88 Å². The van der Waals surface area contributed by atoms with E-state index in [9.17, 15) is 0 Å². The molecule has 6 heteroatoms. The summed E-state index contributed by atoms with van der Waals surface area (Å²) in [6.07, 6.45) is 5.32. The molecule has 0 saturated carbocycles. The molecule has 6 rings (SSSR count). The molecule has 26 heavy (non-hydrogen) atoms. The molecular formula is C20H21Cl2N3O. The normalized spacial score (nSPS) is 28.8. The van der Waals surface area contributed by atoms with Gasteiger partial charge in [-0.25, -0.2) is 4.98 Å². The first kappa shape index (κ1) is 16.7. The zero-order valence-corrected chi connectivity index (χ0v) is 16.0. The standard InChI is InChI=1S/C20H21Cl2N3O/c21-17-2-1-13(7-18(17)22)10-23-16-8-14-9-20(26-19(14)24-11-16)12-25-5-3-15(20)4-6-25/h1-2,7-8,11,15,23H,3-6,9-10,12H2/t20-/m0/s1. The van der Waals surface area contributed by atoms with Gasteiger partial charge in [0.25, 0.3) is 0 Å². The molecule has 0 amide bonds. The van der Waals surface area contributed by atoms with Crippen LogP contribution in [0.15, 0.2) is 30.5 Å². The van der Waals surface area contributed by atoms with Crippen LogP contribution < -0.4 is 10.1 Å². The summed E-state index contributed by atoms with van der Waals surface area (Å²) in [5.74, 6) is 1.48. The first-order valence-electron chi connectivity index (χ1n) is 9.19. The Morgan fingerprint density at radius 1 is 1.19 bits per heavy atom. The van der Waals surface area contributed by atoms with E-state index in [1.165, 1.54) is 31.5 Å². The minimum absolute atomic E-state index is 0.0475. The maximum Gasteiger partial charge on any atom is 0.217 e. The number of piperidine rings is 3. The predicted octanol–water partition coefficient (Wildman–Crippen LogP) is 4.40. The molecule has 2 aromatic rings. The van der Waals surface area contributed by atoms with Crippen LogP contribution in [0.4, 0.5) is 5.69 Å². The van der Waals surface area contributed by atoms with Crippen molar-refractivity contribution in [2.75, 3.05) is 25.0 Å². The lowest BCUT2D eigenvalue weighted by Gasteiger charge is -2.50. The summed E-state index contributed by atoms with van der Waals surface area (Å²) in [6.45, 7) is 4.16. The maximum atomic E-state index is 6.40. The number of halogens is 2. The van der Waals surface area contributed by atoms with Gasteiger partial charge in [0.05, 0.1) is 21.9 Å². The summed E-state index contributed by atoms with van der Waals surface area (Å²) in [4.78, 5) is 7.12. The van der Waals surface area contributed by atoms with Crippen molar-refractivity contribution in [3.05, 3.63) is 51.6 Å². The van der Waals surface area contributed by atoms with Gasteiger partial charge in [-0.2, -0.15) is 0 Å². The highest BCUT2D eigenvalue weighted by Crippen LogP contribution is 2.46. The first-order chi connectivity index (χ1) is 12.6. The van der Waals surface area contributed by atoms with Crippen LogP contribution in [0.1, 0.15) is 24.0 Å². The number of nitrogens with one attached hydrogen (secondary N) is 1. The molecule has 4 nitrogen and oxygen atoms in total. The van der Waals surface area contributed by atoms with E-state index in [1.54, 1.807) is 0 Å².